The SMILES string of the molecule is CN(c1ccccc1)c1ccc(CNC(=O)C2CC(c3ccco3)NN2)cn1. The van der Waals surface area contributed by atoms with Gasteiger partial charge < -0.3 is 14.6 Å². The Bertz CT molecular complexity index is 896. The second-order valence-electron chi connectivity index (χ2n) is 6.78. The molecule has 1 aromatic carbocycles. The molecule has 2 unspecified atom stereocenters. The first-order valence-corrected chi connectivity index (χ1v) is 9.26. The summed E-state index contributed by atoms with van der Waals surface area (Å²) in [4.78, 5) is 19.0. The molecule has 28 heavy (non-hydrogen) atoms. The average Bonchev–Trinajstić information content (AvgIpc) is 3.44. The van der Waals surface area contributed by atoms with Crippen molar-refractivity contribution in [1.29, 1.82) is 0 Å². The minimum Gasteiger partial charge on any atom is -0.468 e. The molecule has 2 aromatic heterocycles. The summed E-state index contributed by atoms with van der Waals surface area (Å²) >= 11 is 0. The van der Waals surface area contributed by atoms with Crippen LogP contribution in [0.3, 0.4) is 0 Å². The van der Waals surface area contributed by atoms with E-state index >= 15 is 0 Å². The van der Waals surface area contributed by atoms with Crippen molar-refractivity contribution in [3.05, 3.63) is 78.4 Å². The van der Waals surface area contributed by atoms with Crippen molar-refractivity contribution in [1.82, 2.24) is 21.2 Å². The lowest BCUT2D eigenvalue weighted by molar-refractivity contribution is -0.123. The maximum absolute atomic E-state index is 12.4. The number of anilines is 2. The van der Waals surface area contributed by atoms with Crippen LogP contribution in [0.5, 0.6) is 0 Å². The Morgan fingerprint density at radius 3 is 2.75 bits per heavy atom. The van der Waals surface area contributed by atoms with Crippen LogP contribution in [0.25, 0.3) is 0 Å². The number of carbonyl (C=O) groups is 1. The van der Waals surface area contributed by atoms with E-state index < -0.39 is 0 Å². The van der Waals surface area contributed by atoms with Gasteiger partial charge in [-0.1, -0.05) is 24.3 Å². The summed E-state index contributed by atoms with van der Waals surface area (Å²) in [7, 11) is 1.98. The highest BCUT2D eigenvalue weighted by Crippen LogP contribution is 2.23. The molecule has 144 valence electrons. The Labute approximate surface area is 163 Å². The maximum Gasteiger partial charge on any atom is 0.238 e. The van der Waals surface area contributed by atoms with Crippen molar-refractivity contribution in [2.45, 2.75) is 25.0 Å². The molecule has 1 aliphatic rings. The first kappa shape index (κ1) is 18.2. The number of hydrogen-bond acceptors (Lipinski definition) is 6. The number of aromatic nitrogens is 1. The van der Waals surface area contributed by atoms with Gasteiger partial charge in [0.1, 0.15) is 17.6 Å². The van der Waals surface area contributed by atoms with Crippen molar-refractivity contribution in [3.8, 4) is 0 Å². The second kappa shape index (κ2) is 8.24. The molecule has 3 heterocycles. The predicted molar refractivity (Wildman–Crippen MR) is 107 cm³/mol. The average molecular weight is 377 g/mol. The van der Waals surface area contributed by atoms with E-state index in [9.17, 15) is 4.79 Å². The van der Waals surface area contributed by atoms with Gasteiger partial charge in [-0.05, 0) is 42.3 Å². The highest BCUT2D eigenvalue weighted by molar-refractivity contribution is 5.82. The molecule has 1 fully saturated rings. The number of furan rings is 1. The summed E-state index contributed by atoms with van der Waals surface area (Å²) in [5.74, 6) is 1.63. The lowest BCUT2D eigenvalue weighted by Gasteiger charge is -2.18. The minimum absolute atomic E-state index is 0.000207. The smallest absolute Gasteiger partial charge is 0.238 e. The highest BCUT2D eigenvalue weighted by Gasteiger charge is 2.31. The van der Waals surface area contributed by atoms with Crippen molar-refractivity contribution in [3.63, 3.8) is 0 Å². The van der Waals surface area contributed by atoms with Gasteiger partial charge in [-0.2, -0.15) is 0 Å². The summed E-state index contributed by atoms with van der Waals surface area (Å²) in [5, 5.41) is 2.96. The van der Waals surface area contributed by atoms with E-state index in [1.807, 2.05) is 66.5 Å². The van der Waals surface area contributed by atoms with E-state index in [4.69, 9.17) is 4.42 Å². The van der Waals surface area contributed by atoms with Gasteiger partial charge in [-0.3, -0.25) is 4.79 Å². The van der Waals surface area contributed by atoms with Gasteiger partial charge >= 0.3 is 0 Å². The van der Waals surface area contributed by atoms with Crippen LogP contribution < -0.4 is 21.1 Å². The van der Waals surface area contributed by atoms with E-state index in [1.165, 1.54) is 0 Å². The molecule has 1 aliphatic heterocycles. The fraction of sp³-hybridized carbons (Fsp3) is 0.238. The van der Waals surface area contributed by atoms with Crippen LogP contribution >= 0.6 is 0 Å². The molecule has 0 saturated carbocycles. The number of para-hydroxylation sites is 1. The van der Waals surface area contributed by atoms with Crippen molar-refractivity contribution in [2.24, 2.45) is 0 Å². The number of rotatable bonds is 6. The topological polar surface area (TPSA) is 82.4 Å². The van der Waals surface area contributed by atoms with E-state index in [2.05, 4.69) is 21.2 Å². The Balaban J connectivity index is 1.30. The first-order chi connectivity index (χ1) is 13.7. The molecule has 7 heteroatoms. The number of hydrogen-bond donors (Lipinski definition) is 3. The lowest BCUT2D eigenvalue weighted by atomic mass is 10.1. The van der Waals surface area contributed by atoms with E-state index in [0.717, 1.165) is 22.8 Å². The molecule has 2 atom stereocenters. The fourth-order valence-electron chi connectivity index (χ4n) is 3.22. The molecule has 1 saturated heterocycles. The van der Waals surface area contributed by atoms with Crippen molar-refractivity contribution in [2.75, 3.05) is 11.9 Å². The monoisotopic (exact) mass is 377 g/mol. The van der Waals surface area contributed by atoms with Gasteiger partial charge in [0.05, 0.1) is 12.3 Å². The number of carbonyl (C=O) groups excluding carboxylic acids is 1. The van der Waals surface area contributed by atoms with E-state index in [1.54, 1.807) is 12.5 Å². The third kappa shape index (κ3) is 4.05. The number of benzene rings is 1. The molecule has 0 spiro atoms. The van der Waals surface area contributed by atoms with Crippen molar-refractivity contribution >= 4 is 17.4 Å². The second-order valence-corrected chi connectivity index (χ2v) is 6.78. The lowest BCUT2D eigenvalue weighted by Crippen LogP contribution is -2.42. The summed E-state index contributed by atoms with van der Waals surface area (Å²) in [5.41, 5.74) is 8.15. The molecule has 3 aromatic rings. The molecule has 0 bridgehead atoms. The highest BCUT2D eigenvalue weighted by atomic mass is 16.3. The van der Waals surface area contributed by atoms with Crippen LogP contribution in [0.1, 0.15) is 23.8 Å². The van der Waals surface area contributed by atoms with Gasteiger partial charge in [-0.25, -0.2) is 15.8 Å². The minimum atomic E-state index is -0.299. The zero-order valence-corrected chi connectivity index (χ0v) is 15.6. The Morgan fingerprint density at radius 2 is 2.04 bits per heavy atom. The third-order valence-electron chi connectivity index (χ3n) is 4.87. The molecule has 7 nitrogen and oxygen atoms in total. The van der Waals surface area contributed by atoms with Crippen LogP contribution in [-0.4, -0.2) is 24.0 Å². The number of pyridine rings is 1. The molecule has 1 amide bonds. The molecule has 3 N–H and O–H groups in total. The van der Waals surface area contributed by atoms with Crippen molar-refractivity contribution < 1.29 is 9.21 Å². The number of nitrogens with one attached hydrogen (secondary N) is 3. The Morgan fingerprint density at radius 1 is 1.18 bits per heavy atom. The zero-order chi connectivity index (χ0) is 19.3. The van der Waals surface area contributed by atoms with Gasteiger partial charge in [0.25, 0.3) is 0 Å². The number of nitrogens with zero attached hydrogens (tertiary/aromatic N) is 2. The van der Waals surface area contributed by atoms with Crippen LogP contribution in [0.15, 0.2) is 71.5 Å². The maximum atomic E-state index is 12.4. The van der Waals surface area contributed by atoms with Gasteiger partial charge in [-0.15, -0.1) is 0 Å². The third-order valence-corrected chi connectivity index (χ3v) is 4.87. The standard InChI is InChI=1S/C21H23N5O2/c1-26(16-6-3-2-4-7-16)20-10-9-15(13-22-20)14-23-21(27)18-12-17(24-25-18)19-8-5-11-28-19/h2-11,13,17-18,24-25H,12,14H2,1H3,(H,23,27). The first-order valence-electron chi connectivity index (χ1n) is 9.26. The van der Waals surface area contributed by atoms with E-state index in [0.29, 0.717) is 13.0 Å². The van der Waals surface area contributed by atoms with Gasteiger partial charge in [0.15, 0.2) is 0 Å². The molecule has 4 rings (SSSR count). The summed E-state index contributed by atoms with van der Waals surface area (Å²) in [6, 6.07) is 17.4. The predicted octanol–water partition coefficient (Wildman–Crippen LogP) is 2.67. The zero-order valence-electron chi connectivity index (χ0n) is 15.6. The van der Waals surface area contributed by atoms with Gasteiger partial charge in [0, 0.05) is 25.5 Å². The summed E-state index contributed by atoms with van der Waals surface area (Å²) in [6.45, 7) is 0.435. The quantitative estimate of drug-likeness (QED) is 0.613. The summed E-state index contributed by atoms with van der Waals surface area (Å²) in [6.07, 6.45) is 4.07. The normalized spacial score (nSPS) is 18.8. The van der Waals surface area contributed by atoms with Crippen LogP contribution in [0.4, 0.5) is 11.5 Å². The Hall–Kier alpha value is -3.16. The van der Waals surface area contributed by atoms with Gasteiger partial charge in [0.2, 0.25) is 5.91 Å². The molecular formula is C21H23N5O2. The fourth-order valence-corrected chi connectivity index (χ4v) is 3.22. The molecular weight excluding hydrogens is 354 g/mol. The Kier molecular flexibility index (Phi) is 5.36. The molecule has 0 aliphatic carbocycles. The van der Waals surface area contributed by atoms with Crippen LogP contribution in [0, 0.1) is 0 Å². The van der Waals surface area contributed by atoms with E-state index in [-0.39, 0.29) is 18.0 Å². The number of amides is 1. The summed E-state index contributed by atoms with van der Waals surface area (Å²) < 4.78 is 5.39. The van der Waals surface area contributed by atoms with Crippen LogP contribution in [-0.2, 0) is 11.3 Å². The largest absolute Gasteiger partial charge is 0.468 e. The molecule has 0 radical (unpaired) electrons. The van der Waals surface area contributed by atoms with Crippen LogP contribution in [0.2, 0.25) is 0 Å². The number of hydrazine groups is 1.